The third kappa shape index (κ3) is 4.00. The number of ether oxygens (including phenoxy) is 2. The molecule has 1 amide bonds. The van der Waals surface area contributed by atoms with Crippen molar-refractivity contribution >= 4 is 16.8 Å². The Morgan fingerprint density at radius 1 is 1.13 bits per heavy atom. The molecule has 1 aromatic heterocycles. The van der Waals surface area contributed by atoms with Crippen molar-refractivity contribution in [3.63, 3.8) is 0 Å². The van der Waals surface area contributed by atoms with Gasteiger partial charge in [-0.25, -0.2) is 0 Å². The van der Waals surface area contributed by atoms with Gasteiger partial charge in [0.05, 0.1) is 18.3 Å². The Bertz CT molecular complexity index is 1010. The van der Waals surface area contributed by atoms with Gasteiger partial charge in [-0.2, -0.15) is 0 Å². The number of amides is 1. The molecule has 156 valence electrons. The standard InChI is InChI=1S/C25H28N2O3/c28-24(21-6-7-23-20(16-21)8-12-26-23)27-13-10-25(11-14-27)17-22(9-15-30-25)29-18-19-4-2-1-3-5-19/h1-8,12,16,22,26H,9-11,13-15,17-18H2. The zero-order valence-electron chi connectivity index (χ0n) is 17.2. The number of nitrogens with one attached hydrogen (secondary N) is 1. The summed E-state index contributed by atoms with van der Waals surface area (Å²) in [7, 11) is 0. The number of H-pyrrole nitrogens is 1. The first-order valence-corrected chi connectivity index (χ1v) is 10.9. The molecule has 5 rings (SSSR count). The summed E-state index contributed by atoms with van der Waals surface area (Å²) in [6.45, 7) is 2.84. The Balaban J connectivity index is 1.18. The first-order valence-electron chi connectivity index (χ1n) is 10.9. The Hall–Kier alpha value is -2.63. The Kier molecular flexibility index (Phi) is 5.32. The average molecular weight is 405 g/mol. The van der Waals surface area contributed by atoms with E-state index < -0.39 is 0 Å². The maximum Gasteiger partial charge on any atom is 0.253 e. The Labute approximate surface area is 177 Å². The Morgan fingerprint density at radius 2 is 1.97 bits per heavy atom. The van der Waals surface area contributed by atoms with Crippen LogP contribution < -0.4 is 0 Å². The second-order valence-electron chi connectivity index (χ2n) is 8.51. The molecular weight excluding hydrogens is 376 g/mol. The minimum atomic E-state index is -0.152. The number of carbonyl (C=O) groups excluding carboxylic acids is 1. The van der Waals surface area contributed by atoms with E-state index in [2.05, 4.69) is 17.1 Å². The van der Waals surface area contributed by atoms with Gasteiger partial charge in [0.2, 0.25) is 0 Å². The molecule has 1 N–H and O–H groups in total. The summed E-state index contributed by atoms with van der Waals surface area (Å²) < 4.78 is 12.5. The minimum Gasteiger partial charge on any atom is -0.375 e. The summed E-state index contributed by atoms with van der Waals surface area (Å²) >= 11 is 0. The third-order valence-electron chi connectivity index (χ3n) is 6.54. The van der Waals surface area contributed by atoms with Crippen molar-refractivity contribution < 1.29 is 14.3 Å². The largest absolute Gasteiger partial charge is 0.375 e. The van der Waals surface area contributed by atoms with Gasteiger partial charge in [0.1, 0.15) is 0 Å². The molecule has 5 heteroatoms. The number of hydrogen-bond donors (Lipinski definition) is 1. The van der Waals surface area contributed by atoms with Gasteiger partial charge in [-0.1, -0.05) is 30.3 Å². The zero-order chi connectivity index (χ0) is 20.4. The summed E-state index contributed by atoms with van der Waals surface area (Å²) in [6.07, 6.45) is 5.72. The van der Waals surface area contributed by atoms with Crippen LogP contribution in [0.15, 0.2) is 60.8 Å². The molecule has 0 bridgehead atoms. The fraction of sp³-hybridized carbons (Fsp3) is 0.400. The number of likely N-dealkylation sites (tertiary alicyclic amines) is 1. The molecule has 1 spiro atoms. The summed E-state index contributed by atoms with van der Waals surface area (Å²) in [5, 5.41) is 1.07. The van der Waals surface area contributed by atoms with E-state index in [4.69, 9.17) is 9.47 Å². The molecule has 1 atom stereocenters. The summed E-state index contributed by atoms with van der Waals surface area (Å²) in [4.78, 5) is 18.2. The number of aromatic nitrogens is 1. The third-order valence-corrected chi connectivity index (χ3v) is 6.54. The highest BCUT2D eigenvalue weighted by atomic mass is 16.5. The van der Waals surface area contributed by atoms with Crippen molar-refractivity contribution in [1.82, 2.24) is 9.88 Å². The van der Waals surface area contributed by atoms with E-state index in [1.54, 1.807) is 0 Å². The first kappa shape index (κ1) is 19.3. The molecule has 1 unspecified atom stereocenters. The van der Waals surface area contributed by atoms with Crippen molar-refractivity contribution in [3.8, 4) is 0 Å². The summed E-state index contributed by atoms with van der Waals surface area (Å²) in [6, 6.07) is 18.2. The molecule has 3 aromatic rings. The lowest BCUT2D eigenvalue weighted by molar-refractivity contribution is -0.154. The molecule has 0 aliphatic carbocycles. The first-order chi connectivity index (χ1) is 14.7. The van der Waals surface area contributed by atoms with Crippen LogP contribution in [0.25, 0.3) is 10.9 Å². The predicted molar refractivity (Wildman–Crippen MR) is 116 cm³/mol. The lowest BCUT2D eigenvalue weighted by atomic mass is 9.83. The number of piperidine rings is 1. The average Bonchev–Trinajstić information content (AvgIpc) is 3.27. The number of carbonyl (C=O) groups is 1. The maximum absolute atomic E-state index is 13.0. The molecule has 2 aliphatic rings. The molecule has 2 saturated heterocycles. The number of fused-ring (bicyclic) bond motifs is 1. The van der Waals surface area contributed by atoms with Crippen LogP contribution in [0.4, 0.5) is 0 Å². The highest BCUT2D eigenvalue weighted by molar-refractivity contribution is 5.98. The SMILES string of the molecule is O=C(c1ccc2[nH]ccc2c1)N1CCC2(CC1)CC(OCc1ccccc1)CCO2. The number of hydrogen-bond acceptors (Lipinski definition) is 3. The zero-order valence-corrected chi connectivity index (χ0v) is 17.2. The molecule has 0 radical (unpaired) electrons. The topological polar surface area (TPSA) is 54.6 Å². The van der Waals surface area contributed by atoms with Crippen molar-refractivity contribution in [2.24, 2.45) is 0 Å². The van der Waals surface area contributed by atoms with E-state index in [0.29, 0.717) is 6.61 Å². The minimum absolute atomic E-state index is 0.112. The van der Waals surface area contributed by atoms with Gasteiger partial charge in [-0.15, -0.1) is 0 Å². The van der Waals surface area contributed by atoms with E-state index in [-0.39, 0.29) is 17.6 Å². The molecule has 2 aliphatic heterocycles. The maximum atomic E-state index is 13.0. The van der Waals surface area contributed by atoms with Gasteiger partial charge in [0.25, 0.3) is 5.91 Å². The fourth-order valence-electron chi connectivity index (χ4n) is 4.75. The van der Waals surface area contributed by atoms with E-state index >= 15 is 0 Å². The quantitative estimate of drug-likeness (QED) is 0.695. The summed E-state index contributed by atoms with van der Waals surface area (Å²) in [5.41, 5.74) is 2.87. The number of benzene rings is 2. The lowest BCUT2D eigenvalue weighted by Gasteiger charge is -2.46. The highest BCUT2D eigenvalue weighted by Crippen LogP contribution is 2.36. The fourth-order valence-corrected chi connectivity index (χ4v) is 4.75. The van der Waals surface area contributed by atoms with Gasteiger partial charge < -0.3 is 19.4 Å². The molecular formula is C25H28N2O3. The molecule has 2 fully saturated rings. The molecule has 5 nitrogen and oxygen atoms in total. The van der Waals surface area contributed by atoms with Gasteiger partial charge in [0, 0.05) is 48.8 Å². The predicted octanol–water partition coefficient (Wildman–Crippen LogP) is 4.54. The van der Waals surface area contributed by atoms with Crippen LogP contribution >= 0.6 is 0 Å². The van der Waals surface area contributed by atoms with Crippen LogP contribution in [0, 0.1) is 0 Å². The molecule has 30 heavy (non-hydrogen) atoms. The lowest BCUT2D eigenvalue weighted by Crippen LogP contribution is -2.52. The second-order valence-corrected chi connectivity index (χ2v) is 8.51. The van der Waals surface area contributed by atoms with E-state index in [9.17, 15) is 4.79 Å². The van der Waals surface area contributed by atoms with Crippen LogP contribution in [0.5, 0.6) is 0 Å². The molecule has 2 aromatic carbocycles. The number of rotatable bonds is 4. The van der Waals surface area contributed by atoms with E-state index in [1.807, 2.05) is 53.6 Å². The van der Waals surface area contributed by atoms with E-state index in [1.165, 1.54) is 5.56 Å². The number of aromatic amines is 1. The van der Waals surface area contributed by atoms with E-state index in [0.717, 1.165) is 61.8 Å². The number of nitrogens with zero attached hydrogens (tertiary/aromatic N) is 1. The van der Waals surface area contributed by atoms with Gasteiger partial charge in [-0.05, 0) is 49.1 Å². The van der Waals surface area contributed by atoms with Crippen LogP contribution in [0.3, 0.4) is 0 Å². The monoisotopic (exact) mass is 404 g/mol. The van der Waals surface area contributed by atoms with Crippen LogP contribution in [-0.4, -0.2) is 47.2 Å². The van der Waals surface area contributed by atoms with Crippen molar-refractivity contribution in [1.29, 1.82) is 0 Å². The smallest absolute Gasteiger partial charge is 0.253 e. The van der Waals surface area contributed by atoms with Gasteiger partial charge in [-0.3, -0.25) is 4.79 Å². The molecule has 0 saturated carbocycles. The summed E-state index contributed by atoms with van der Waals surface area (Å²) in [5.74, 6) is 0.112. The normalized spacial score (nSPS) is 21.2. The van der Waals surface area contributed by atoms with Crippen molar-refractivity contribution in [2.75, 3.05) is 19.7 Å². The Morgan fingerprint density at radius 3 is 2.80 bits per heavy atom. The van der Waals surface area contributed by atoms with Crippen molar-refractivity contribution in [2.45, 2.75) is 44.0 Å². The molecule has 3 heterocycles. The van der Waals surface area contributed by atoms with Gasteiger partial charge in [0.15, 0.2) is 0 Å². The van der Waals surface area contributed by atoms with Gasteiger partial charge >= 0.3 is 0 Å². The van der Waals surface area contributed by atoms with Crippen LogP contribution in [0.1, 0.15) is 41.6 Å². The van der Waals surface area contributed by atoms with Crippen LogP contribution in [0.2, 0.25) is 0 Å². The van der Waals surface area contributed by atoms with Crippen molar-refractivity contribution in [3.05, 3.63) is 71.9 Å². The second kappa shape index (κ2) is 8.25. The highest BCUT2D eigenvalue weighted by Gasteiger charge is 2.41. The van der Waals surface area contributed by atoms with Crippen LogP contribution in [-0.2, 0) is 16.1 Å².